The summed E-state index contributed by atoms with van der Waals surface area (Å²) in [4.78, 5) is 4.85. The maximum atomic E-state index is 10.2. The summed E-state index contributed by atoms with van der Waals surface area (Å²) >= 11 is 0. The van der Waals surface area contributed by atoms with Gasteiger partial charge in [0.2, 0.25) is 0 Å². The molecule has 0 spiro atoms. The van der Waals surface area contributed by atoms with Crippen LogP contribution in [-0.4, -0.2) is 98.2 Å². The van der Waals surface area contributed by atoms with E-state index < -0.39 is 0 Å². The fourth-order valence-electron chi connectivity index (χ4n) is 8.56. The van der Waals surface area contributed by atoms with Crippen molar-refractivity contribution in [2.45, 2.75) is 50.9 Å². The monoisotopic (exact) mass is 742 g/mol. The van der Waals surface area contributed by atoms with Crippen molar-refractivity contribution >= 4 is 0 Å². The third-order valence-corrected chi connectivity index (χ3v) is 11.1. The molecule has 0 amide bonds. The first-order chi connectivity index (χ1) is 26.3. The summed E-state index contributed by atoms with van der Waals surface area (Å²) in [7, 11) is 6.47. The van der Waals surface area contributed by atoms with E-state index in [4.69, 9.17) is 38.6 Å². The number of methoxy groups -OCH3 is 4. The fraction of sp³-hybridized carbons (Fsp3) is 0.429. The van der Waals surface area contributed by atoms with Crippen molar-refractivity contribution in [1.29, 1.82) is 0 Å². The summed E-state index contributed by atoms with van der Waals surface area (Å²) in [6.45, 7) is 3.81. The molecular formula is C42H50N2O10. The molecule has 4 aliphatic heterocycles. The predicted molar refractivity (Wildman–Crippen MR) is 202 cm³/mol. The average molecular weight is 743 g/mol. The first-order valence-electron chi connectivity index (χ1n) is 18.4. The largest absolute Gasteiger partial charge is 0.504 e. The highest BCUT2D eigenvalue weighted by atomic mass is 16.5. The minimum Gasteiger partial charge on any atom is -0.504 e. The van der Waals surface area contributed by atoms with Crippen LogP contribution >= 0.6 is 0 Å². The van der Waals surface area contributed by atoms with Crippen LogP contribution in [0.4, 0.5) is 0 Å². The molecule has 288 valence electrons. The highest BCUT2D eigenvalue weighted by molar-refractivity contribution is 5.56. The van der Waals surface area contributed by atoms with E-state index in [0.717, 1.165) is 74.3 Å². The first kappa shape index (κ1) is 37.4. The molecule has 0 aliphatic carbocycles. The number of rotatable bonds is 10. The second-order valence-electron chi connectivity index (χ2n) is 13.9. The van der Waals surface area contributed by atoms with Crippen LogP contribution in [0.5, 0.6) is 46.0 Å². The van der Waals surface area contributed by atoms with Gasteiger partial charge in [-0.15, -0.1) is 0 Å². The first-order valence-corrected chi connectivity index (χ1v) is 18.4. The van der Waals surface area contributed by atoms with Gasteiger partial charge in [-0.2, -0.15) is 0 Å². The lowest BCUT2D eigenvalue weighted by Crippen LogP contribution is -2.39. The molecule has 4 aromatic carbocycles. The molecule has 0 unspecified atom stereocenters. The van der Waals surface area contributed by atoms with E-state index in [1.165, 1.54) is 27.8 Å². The Hall–Kier alpha value is -4.88. The van der Waals surface area contributed by atoms with Gasteiger partial charge in [-0.05, 0) is 95.5 Å². The predicted octanol–water partition coefficient (Wildman–Crippen LogP) is 4.87. The number of benzene rings is 4. The Morgan fingerprint density at radius 2 is 1.09 bits per heavy atom. The number of nitrogens with zero attached hydrogens (tertiary/aromatic N) is 2. The standard InChI is InChI=1S/C23H29NO6.C19H21NO4/c1-27-21-12-16-5-6-24-14-18-15(3-4-20(23(18)28-2)29-9-7-25)11-19(24)17(16)13-22(21)30-10-8-26;1-23-18-8-12-5-6-20-10-14-11(3-4-16(21)19(14)24-2)7-15(20)13(12)9-17(18)22/h3-4,12-13,19,25-26H,5-11,14H2,1-2H3;3-4,8-9,15,21-22H,5-7,10H2,1-2H3/t19-;15-/m00/s1. The Bertz CT molecular complexity index is 1980. The van der Waals surface area contributed by atoms with Crippen molar-refractivity contribution in [2.75, 3.05) is 68.0 Å². The zero-order valence-electron chi connectivity index (χ0n) is 31.4. The Morgan fingerprint density at radius 1 is 0.556 bits per heavy atom. The molecule has 4 N–H and O–H groups in total. The zero-order chi connectivity index (χ0) is 37.9. The average Bonchev–Trinajstić information content (AvgIpc) is 3.20. The van der Waals surface area contributed by atoms with E-state index in [1.807, 2.05) is 24.3 Å². The SMILES string of the molecule is COc1cc2c(cc1O)[C@@H]1Cc3ccc(O)c(OC)c3CN1CC2.COc1cc2c(cc1OCCO)[C@@H]1Cc3ccc(OCCO)c(OC)c3CN1CC2. The van der Waals surface area contributed by atoms with Crippen LogP contribution in [0.15, 0.2) is 48.5 Å². The number of hydrogen-bond donors (Lipinski definition) is 4. The lowest BCUT2D eigenvalue weighted by molar-refractivity contribution is 0.155. The van der Waals surface area contributed by atoms with Crippen molar-refractivity contribution in [3.05, 3.63) is 93.0 Å². The molecule has 4 heterocycles. The Balaban J connectivity index is 0.000000171. The number of aromatic hydroxyl groups is 2. The minimum absolute atomic E-state index is 0.0324. The van der Waals surface area contributed by atoms with Crippen LogP contribution < -0.4 is 28.4 Å². The Morgan fingerprint density at radius 3 is 1.67 bits per heavy atom. The smallest absolute Gasteiger partial charge is 0.165 e. The van der Waals surface area contributed by atoms with Crippen LogP contribution in [0.25, 0.3) is 0 Å². The summed E-state index contributed by atoms with van der Waals surface area (Å²) in [6.07, 6.45) is 3.55. The van der Waals surface area contributed by atoms with Gasteiger partial charge in [0.05, 0.1) is 41.7 Å². The number of aliphatic hydroxyl groups excluding tert-OH is 2. The number of phenols is 2. The third-order valence-electron chi connectivity index (χ3n) is 11.1. The lowest BCUT2D eigenvalue weighted by Gasteiger charge is -2.42. The minimum atomic E-state index is -0.0380. The molecule has 2 atom stereocenters. The summed E-state index contributed by atoms with van der Waals surface area (Å²) in [5.41, 5.74) is 9.58. The number of fused-ring (bicyclic) bond motifs is 8. The highest BCUT2D eigenvalue weighted by Gasteiger charge is 2.36. The van der Waals surface area contributed by atoms with Gasteiger partial charge in [0.15, 0.2) is 46.0 Å². The maximum Gasteiger partial charge on any atom is 0.165 e. The van der Waals surface area contributed by atoms with Crippen LogP contribution in [0, 0.1) is 0 Å². The second-order valence-corrected chi connectivity index (χ2v) is 13.9. The van der Waals surface area contributed by atoms with Crippen molar-refractivity contribution in [1.82, 2.24) is 9.80 Å². The van der Waals surface area contributed by atoms with Gasteiger partial charge in [-0.25, -0.2) is 0 Å². The van der Waals surface area contributed by atoms with E-state index in [0.29, 0.717) is 28.7 Å². The van der Waals surface area contributed by atoms with Crippen molar-refractivity contribution < 1.29 is 48.8 Å². The second kappa shape index (κ2) is 16.2. The molecule has 4 aliphatic rings. The van der Waals surface area contributed by atoms with E-state index in [1.54, 1.807) is 34.5 Å². The van der Waals surface area contributed by atoms with E-state index in [2.05, 4.69) is 28.0 Å². The van der Waals surface area contributed by atoms with E-state index in [9.17, 15) is 10.2 Å². The zero-order valence-corrected chi connectivity index (χ0v) is 31.4. The van der Waals surface area contributed by atoms with Gasteiger partial charge < -0.3 is 48.8 Å². The van der Waals surface area contributed by atoms with Gasteiger partial charge >= 0.3 is 0 Å². The molecule has 8 rings (SSSR count). The molecule has 0 saturated heterocycles. The normalized spacial score (nSPS) is 18.3. The van der Waals surface area contributed by atoms with Gasteiger partial charge in [0.25, 0.3) is 0 Å². The molecule has 0 fully saturated rings. The van der Waals surface area contributed by atoms with Crippen molar-refractivity contribution in [3.63, 3.8) is 0 Å². The number of aliphatic hydroxyl groups is 2. The van der Waals surface area contributed by atoms with Gasteiger partial charge in [0.1, 0.15) is 13.2 Å². The number of phenolic OH excluding ortho intramolecular Hbond substituents is 2. The molecule has 0 saturated carbocycles. The van der Waals surface area contributed by atoms with Crippen molar-refractivity contribution in [2.24, 2.45) is 0 Å². The molecule has 0 radical (unpaired) electrons. The lowest BCUT2D eigenvalue weighted by atomic mass is 9.83. The van der Waals surface area contributed by atoms with Gasteiger partial charge in [-0.3, -0.25) is 9.80 Å². The highest BCUT2D eigenvalue weighted by Crippen LogP contribution is 2.47. The van der Waals surface area contributed by atoms with Crippen molar-refractivity contribution in [3.8, 4) is 46.0 Å². The van der Waals surface area contributed by atoms with Crippen LogP contribution in [0.2, 0.25) is 0 Å². The molecule has 4 aromatic rings. The molecular weight excluding hydrogens is 692 g/mol. The topological polar surface area (TPSA) is 143 Å². The summed E-state index contributed by atoms with van der Waals surface area (Å²) in [5, 5.41) is 38.4. The maximum absolute atomic E-state index is 10.2. The Labute approximate surface area is 316 Å². The molecule has 12 nitrogen and oxygen atoms in total. The summed E-state index contributed by atoms with van der Waals surface area (Å²) in [6, 6.07) is 16.1. The molecule has 54 heavy (non-hydrogen) atoms. The third kappa shape index (κ3) is 7.06. The van der Waals surface area contributed by atoms with Crippen LogP contribution in [0.3, 0.4) is 0 Å². The fourth-order valence-corrected chi connectivity index (χ4v) is 8.56. The quantitative estimate of drug-likeness (QED) is 0.176. The number of hydrogen-bond acceptors (Lipinski definition) is 12. The Kier molecular flexibility index (Phi) is 11.3. The van der Waals surface area contributed by atoms with E-state index in [-0.39, 0.29) is 50.0 Å². The summed E-state index contributed by atoms with van der Waals surface area (Å²) < 4.78 is 33.2. The van der Waals surface area contributed by atoms with Gasteiger partial charge in [0, 0.05) is 49.4 Å². The molecule has 0 bridgehead atoms. The summed E-state index contributed by atoms with van der Waals surface area (Å²) in [5.74, 6) is 4.29. The van der Waals surface area contributed by atoms with Gasteiger partial charge in [-0.1, -0.05) is 12.1 Å². The van der Waals surface area contributed by atoms with Crippen LogP contribution in [0.1, 0.15) is 56.6 Å². The van der Waals surface area contributed by atoms with E-state index >= 15 is 0 Å². The van der Waals surface area contributed by atoms with Crippen LogP contribution in [-0.2, 0) is 38.8 Å². The molecule has 12 heteroatoms. The number of ether oxygens (including phenoxy) is 6. The molecule has 0 aromatic heterocycles.